The predicted molar refractivity (Wildman–Crippen MR) is 75.0 cm³/mol. The normalized spacial score (nSPS) is 11.8. The minimum Gasteiger partial charge on any atom is -0.449 e. The van der Waals surface area contributed by atoms with Gasteiger partial charge in [-0.3, -0.25) is 0 Å². The van der Waals surface area contributed by atoms with Gasteiger partial charge in [0.1, 0.15) is 5.75 Å². The summed E-state index contributed by atoms with van der Waals surface area (Å²) in [6.45, 7) is 0. The highest BCUT2D eigenvalue weighted by molar-refractivity contribution is 5.62. The Morgan fingerprint density at radius 3 is 2.40 bits per heavy atom. The van der Waals surface area contributed by atoms with Crippen LogP contribution in [0.2, 0.25) is 0 Å². The first-order valence-electron chi connectivity index (χ1n) is 6.27. The minimum atomic E-state index is -1.33. The van der Waals surface area contributed by atoms with Crippen LogP contribution >= 0.6 is 0 Å². The number of methoxy groups -OCH3 is 1. The molecule has 0 bridgehead atoms. The molecule has 0 amide bonds. The molecule has 0 saturated carbocycles. The summed E-state index contributed by atoms with van der Waals surface area (Å²) in [4.78, 5) is 10.7. The Morgan fingerprint density at radius 2 is 1.75 bits per heavy atom. The van der Waals surface area contributed by atoms with Crippen LogP contribution in [-0.2, 0) is 11.2 Å². The van der Waals surface area contributed by atoms with Crippen LogP contribution in [0.4, 0.5) is 4.79 Å². The molecule has 4 nitrogen and oxygen atoms in total. The number of benzene rings is 2. The van der Waals surface area contributed by atoms with Gasteiger partial charge in [-0.05, 0) is 11.6 Å². The Balaban J connectivity index is 2.25. The lowest BCUT2D eigenvalue weighted by molar-refractivity contribution is 0.0989. The number of carboxylic acid groups (broad SMARTS) is 1. The van der Waals surface area contributed by atoms with Crippen molar-refractivity contribution in [2.24, 2.45) is 0 Å². The van der Waals surface area contributed by atoms with E-state index in [-0.39, 0.29) is 6.10 Å². The van der Waals surface area contributed by atoms with Gasteiger partial charge in [-0.2, -0.15) is 0 Å². The van der Waals surface area contributed by atoms with Crippen molar-refractivity contribution in [2.45, 2.75) is 12.5 Å². The van der Waals surface area contributed by atoms with Gasteiger partial charge >= 0.3 is 6.16 Å². The second-order valence-corrected chi connectivity index (χ2v) is 4.32. The standard InChI is InChI=1S/C16H16O4/c1-19-15(11-12-7-3-2-4-8-12)13-9-5-6-10-14(13)20-16(17)18/h2-10,15H,11H2,1H3,(H,17,18). The maximum Gasteiger partial charge on any atom is 0.511 e. The van der Waals surface area contributed by atoms with E-state index in [0.29, 0.717) is 12.2 Å². The molecule has 20 heavy (non-hydrogen) atoms. The Labute approximate surface area is 117 Å². The fourth-order valence-electron chi connectivity index (χ4n) is 2.08. The van der Waals surface area contributed by atoms with Crippen LogP contribution in [0.5, 0.6) is 5.75 Å². The Hall–Kier alpha value is -2.33. The number of hydrogen-bond acceptors (Lipinski definition) is 3. The van der Waals surface area contributed by atoms with Crippen molar-refractivity contribution in [1.82, 2.24) is 0 Å². The highest BCUT2D eigenvalue weighted by Crippen LogP contribution is 2.30. The molecule has 0 saturated heterocycles. The summed E-state index contributed by atoms with van der Waals surface area (Å²) >= 11 is 0. The zero-order valence-electron chi connectivity index (χ0n) is 11.2. The molecule has 1 unspecified atom stereocenters. The average molecular weight is 272 g/mol. The molecule has 2 aromatic carbocycles. The van der Waals surface area contributed by atoms with E-state index in [9.17, 15) is 4.79 Å². The first-order chi connectivity index (χ1) is 9.70. The SMILES string of the molecule is COC(Cc1ccccc1)c1ccccc1OC(=O)O. The fraction of sp³-hybridized carbons (Fsp3) is 0.188. The summed E-state index contributed by atoms with van der Waals surface area (Å²) in [6.07, 6.45) is -0.933. The Morgan fingerprint density at radius 1 is 1.10 bits per heavy atom. The van der Waals surface area contributed by atoms with Crippen molar-refractivity contribution in [3.63, 3.8) is 0 Å². The van der Waals surface area contributed by atoms with Crippen molar-refractivity contribution in [1.29, 1.82) is 0 Å². The number of ether oxygens (including phenoxy) is 2. The minimum absolute atomic E-state index is 0.257. The molecule has 1 atom stereocenters. The second-order valence-electron chi connectivity index (χ2n) is 4.32. The molecule has 0 spiro atoms. The fourth-order valence-corrected chi connectivity index (χ4v) is 2.08. The van der Waals surface area contributed by atoms with Crippen LogP contribution in [0.1, 0.15) is 17.2 Å². The lowest BCUT2D eigenvalue weighted by Gasteiger charge is -2.18. The van der Waals surface area contributed by atoms with Crippen molar-refractivity contribution in [2.75, 3.05) is 7.11 Å². The third-order valence-corrected chi connectivity index (χ3v) is 3.01. The van der Waals surface area contributed by atoms with E-state index in [2.05, 4.69) is 0 Å². The third-order valence-electron chi connectivity index (χ3n) is 3.01. The Bertz CT molecular complexity index is 566. The number of hydrogen-bond donors (Lipinski definition) is 1. The first kappa shape index (κ1) is 14.1. The zero-order valence-corrected chi connectivity index (χ0v) is 11.2. The van der Waals surface area contributed by atoms with Crippen LogP contribution in [0, 0.1) is 0 Å². The smallest absolute Gasteiger partial charge is 0.449 e. The van der Waals surface area contributed by atoms with Gasteiger partial charge < -0.3 is 14.6 Å². The van der Waals surface area contributed by atoms with E-state index < -0.39 is 6.16 Å². The number of para-hydroxylation sites is 1. The molecule has 0 heterocycles. The summed E-state index contributed by atoms with van der Waals surface area (Å²) in [6, 6.07) is 16.9. The molecule has 0 aliphatic carbocycles. The average Bonchev–Trinajstić information content (AvgIpc) is 2.46. The van der Waals surface area contributed by atoms with Crippen molar-refractivity contribution in [3.05, 3.63) is 65.7 Å². The summed E-state index contributed by atoms with van der Waals surface area (Å²) in [5.41, 5.74) is 1.84. The van der Waals surface area contributed by atoms with Gasteiger partial charge in [0.2, 0.25) is 0 Å². The maximum atomic E-state index is 10.7. The van der Waals surface area contributed by atoms with Crippen LogP contribution in [-0.4, -0.2) is 18.4 Å². The molecule has 0 aromatic heterocycles. The van der Waals surface area contributed by atoms with E-state index in [1.54, 1.807) is 19.2 Å². The van der Waals surface area contributed by atoms with E-state index in [1.165, 1.54) is 0 Å². The highest BCUT2D eigenvalue weighted by atomic mass is 16.7. The van der Waals surface area contributed by atoms with E-state index in [4.69, 9.17) is 14.6 Å². The number of carbonyl (C=O) groups is 1. The van der Waals surface area contributed by atoms with Gasteiger partial charge in [-0.1, -0.05) is 48.5 Å². The van der Waals surface area contributed by atoms with Gasteiger partial charge in [0.25, 0.3) is 0 Å². The largest absolute Gasteiger partial charge is 0.511 e. The molecule has 0 fully saturated rings. The summed E-state index contributed by atoms with van der Waals surface area (Å²) in [7, 11) is 1.60. The lowest BCUT2D eigenvalue weighted by Crippen LogP contribution is -2.10. The van der Waals surface area contributed by atoms with Crippen LogP contribution < -0.4 is 4.74 Å². The van der Waals surface area contributed by atoms with Gasteiger partial charge in [0, 0.05) is 19.1 Å². The molecule has 1 N–H and O–H groups in total. The van der Waals surface area contributed by atoms with Crippen molar-refractivity contribution >= 4 is 6.16 Å². The van der Waals surface area contributed by atoms with E-state index in [1.807, 2.05) is 42.5 Å². The highest BCUT2D eigenvalue weighted by Gasteiger charge is 2.17. The third kappa shape index (κ3) is 3.59. The summed E-state index contributed by atoms with van der Waals surface area (Å²) in [5.74, 6) is 0.308. The predicted octanol–water partition coefficient (Wildman–Crippen LogP) is 3.67. The maximum absolute atomic E-state index is 10.7. The Kier molecular flexibility index (Phi) is 4.74. The van der Waals surface area contributed by atoms with Gasteiger partial charge in [0.15, 0.2) is 0 Å². The van der Waals surface area contributed by atoms with Gasteiger partial charge in [-0.15, -0.1) is 0 Å². The second kappa shape index (κ2) is 6.73. The van der Waals surface area contributed by atoms with Crippen molar-refractivity contribution < 1.29 is 19.4 Å². The molecule has 0 aliphatic rings. The zero-order chi connectivity index (χ0) is 14.4. The molecule has 2 rings (SSSR count). The molecule has 4 heteroatoms. The monoisotopic (exact) mass is 272 g/mol. The van der Waals surface area contributed by atoms with Gasteiger partial charge in [0.05, 0.1) is 6.10 Å². The van der Waals surface area contributed by atoms with E-state index >= 15 is 0 Å². The number of rotatable bonds is 5. The quantitative estimate of drug-likeness (QED) is 0.666. The molecular weight excluding hydrogens is 256 g/mol. The molecule has 0 radical (unpaired) electrons. The van der Waals surface area contributed by atoms with Crippen LogP contribution in [0.3, 0.4) is 0 Å². The first-order valence-corrected chi connectivity index (χ1v) is 6.27. The lowest BCUT2D eigenvalue weighted by atomic mass is 10.0. The molecular formula is C16H16O4. The molecule has 104 valence electrons. The van der Waals surface area contributed by atoms with Gasteiger partial charge in [-0.25, -0.2) is 4.79 Å². The summed E-state index contributed by atoms with van der Waals surface area (Å²) in [5, 5.41) is 8.77. The molecule has 2 aromatic rings. The van der Waals surface area contributed by atoms with E-state index in [0.717, 1.165) is 11.1 Å². The summed E-state index contributed by atoms with van der Waals surface area (Å²) < 4.78 is 10.3. The topological polar surface area (TPSA) is 55.8 Å². The van der Waals surface area contributed by atoms with Crippen LogP contribution in [0.25, 0.3) is 0 Å². The van der Waals surface area contributed by atoms with Crippen LogP contribution in [0.15, 0.2) is 54.6 Å². The van der Waals surface area contributed by atoms with Crippen molar-refractivity contribution in [3.8, 4) is 5.75 Å². The molecule has 0 aliphatic heterocycles.